The van der Waals surface area contributed by atoms with Gasteiger partial charge in [0.05, 0.1) is 23.4 Å². The number of fused-ring (bicyclic) bond motifs is 6. The molecule has 1 saturated heterocycles. The quantitative estimate of drug-likeness (QED) is 0.261. The lowest BCUT2D eigenvalue weighted by molar-refractivity contribution is -0.122. The topological polar surface area (TPSA) is 75.7 Å². The van der Waals surface area contributed by atoms with Crippen LogP contribution in [-0.4, -0.2) is 35.0 Å². The average molecular weight is 561 g/mol. The molecule has 1 aromatic heterocycles. The number of amides is 1. The zero-order valence-electron chi connectivity index (χ0n) is 22.4. The number of hydrogen-bond acceptors (Lipinski definition) is 6. The second kappa shape index (κ2) is 9.85. The molecule has 3 aromatic carbocycles. The molecule has 0 aliphatic carbocycles. The minimum atomic E-state index is -1.34. The summed E-state index contributed by atoms with van der Waals surface area (Å²) in [4.78, 5) is 46.3. The zero-order chi connectivity index (χ0) is 28.1. The lowest BCUT2D eigenvalue weighted by Gasteiger charge is -2.38. The summed E-state index contributed by atoms with van der Waals surface area (Å²) >= 11 is 1.35. The highest BCUT2D eigenvalue weighted by molar-refractivity contribution is 7.12. The fourth-order valence-corrected chi connectivity index (χ4v) is 7.57. The van der Waals surface area contributed by atoms with Crippen molar-refractivity contribution in [3.8, 4) is 5.75 Å². The fraction of sp³-hybridized carbons (Fsp3) is 0.206. The van der Waals surface area contributed by atoms with Crippen molar-refractivity contribution in [3.63, 3.8) is 0 Å². The van der Waals surface area contributed by atoms with Crippen molar-refractivity contribution in [2.24, 2.45) is 5.92 Å². The summed E-state index contributed by atoms with van der Waals surface area (Å²) in [5, 5.41) is 4.95. The molecular weight excluding hydrogens is 532 g/mol. The van der Waals surface area contributed by atoms with Gasteiger partial charge in [0.15, 0.2) is 11.6 Å². The Morgan fingerprint density at radius 1 is 0.976 bits per heavy atom. The third kappa shape index (κ3) is 3.72. The first kappa shape index (κ1) is 25.5. The smallest absolute Gasteiger partial charge is 0.238 e. The maximum absolute atomic E-state index is 14.9. The largest absolute Gasteiger partial charge is 0.494 e. The van der Waals surface area contributed by atoms with Gasteiger partial charge >= 0.3 is 0 Å². The predicted molar refractivity (Wildman–Crippen MR) is 159 cm³/mol. The summed E-state index contributed by atoms with van der Waals surface area (Å²) in [5.41, 5.74) is 2.37. The maximum atomic E-state index is 14.9. The number of benzene rings is 3. The minimum Gasteiger partial charge on any atom is -0.494 e. The van der Waals surface area contributed by atoms with Crippen molar-refractivity contribution in [1.29, 1.82) is 0 Å². The van der Waals surface area contributed by atoms with Crippen LogP contribution in [0.2, 0.25) is 0 Å². The Labute approximate surface area is 242 Å². The van der Waals surface area contributed by atoms with Crippen LogP contribution < -0.4 is 10.1 Å². The Morgan fingerprint density at radius 3 is 2.63 bits per heavy atom. The van der Waals surface area contributed by atoms with Crippen LogP contribution in [0, 0.1) is 5.92 Å². The average Bonchev–Trinajstić information content (AvgIpc) is 3.72. The molecule has 7 heteroatoms. The highest BCUT2D eigenvalue weighted by atomic mass is 32.1. The van der Waals surface area contributed by atoms with Crippen molar-refractivity contribution in [2.45, 2.75) is 30.8 Å². The summed E-state index contributed by atoms with van der Waals surface area (Å²) in [6, 6.07) is 24.8. The molecule has 4 atom stereocenters. The van der Waals surface area contributed by atoms with Crippen molar-refractivity contribution < 1.29 is 19.1 Å². The third-order valence-corrected chi connectivity index (χ3v) is 9.36. The lowest BCUT2D eigenvalue weighted by Crippen LogP contribution is -2.49. The van der Waals surface area contributed by atoms with Crippen LogP contribution >= 0.6 is 11.3 Å². The van der Waals surface area contributed by atoms with E-state index in [1.807, 2.05) is 90.1 Å². The Bertz CT molecular complexity index is 1710. The molecule has 41 heavy (non-hydrogen) atoms. The maximum Gasteiger partial charge on any atom is 0.238 e. The van der Waals surface area contributed by atoms with Crippen molar-refractivity contribution >= 4 is 40.6 Å². The van der Waals surface area contributed by atoms with Gasteiger partial charge in [0.2, 0.25) is 5.91 Å². The van der Waals surface area contributed by atoms with E-state index in [4.69, 9.17) is 4.74 Å². The highest BCUT2D eigenvalue weighted by Crippen LogP contribution is 2.62. The Morgan fingerprint density at radius 2 is 1.80 bits per heavy atom. The first-order chi connectivity index (χ1) is 20.1. The van der Waals surface area contributed by atoms with E-state index in [1.165, 1.54) is 11.3 Å². The van der Waals surface area contributed by atoms with E-state index in [0.717, 1.165) is 23.1 Å². The summed E-state index contributed by atoms with van der Waals surface area (Å²) in [6.07, 6.45) is 4.70. The number of ether oxygens (including phenoxy) is 1. The Hall–Kier alpha value is -4.49. The van der Waals surface area contributed by atoms with Crippen molar-refractivity contribution in [1.82, 2.24) is 4.90 Å². The molecule has 1 N–H and O–H groups in total. The van der Waals surface area contributed by atoms with Gasteiger partial charge in [-0.25, -0.2) is 0 Å². The third-order valence-electron chi connectivity index (χ3n) is 8.48. The van der Waals surface area contributed by atoms with E-state index >= 15 is 0 Å². The van der Waals surface area contributed by atoms with Crippen LogP contribution in [0.15, 0.2) is 96.5 Å². The van der Waals surface area contributed by atoms with Gasteiger partial charge < -0.3 is 15.0 Å². The van der Waals surface area contributed by atoms with E-state index in [2.05, 4.69) is 5.32 Å². The van der Waals surface area contributed by atoms with E-state index in [9.17, 15) is 14.4 Å². The van der Waals surface area contributed by atoms with Crippen LogP contribution in [0.4, 0.5) is 5.69 Å². The standard InChI is InChI=1S/C34H28N2O4S/c1-2-18-40-23-11-7-10-22(20-23)30(37)28-29(31(38)27-15-8-19-41-27)36-17-16-21-9-3-4-12-24(21)32(36)34(28)25-13-5-6-14-26(25)35-33(34)39/h3-17,19-20,28-29,32H,2,18H2,1H3,(H,35,39)/t28-,29+,32+,34-/m0/s1. The number of nitrogens with zero attached hydrogens (tertiary/aromatic N) is 1. The number of ketones is 2. The zero-order valence-corrected chi connectivity index (χ0v) is 23.3. The van der Waals surface area contributed by atoms with Crippen LogP contribution in [0.3, 0.4) is 0 Å². The normalized spacial score (nSPS) is 23.6. The Balaban J connectivity index is 1.50. The summed E-state index contributed by atoms with van der Waals surface area (Å²) in [5.74, 6) is -1.10. The second-order valence-corrected chi connectivity index (χ2v) is 11.6. The lowest BCUT2D eigenvalue weighted by atomic mass is 9.63. The number of carbonyl (C=O) groups excluding carboxylic acids is 3. The SMILES string of the molecule is CCCOc1cccc(C(=O)[C@@H]2[C@H](C(=O)c3cccs3)N3C=Cc4ccccc4[C@@H]3[C@@]23C(=O)Nc2ccccc23)c1. The van der Waals surface area contributed by atoms with Gasteiger partial charge in [-0.1, -0.05) is 67.6 Å². The number of thiophene rings is 1. The monoisotopic (exact) mass is 560 g/mol. The molecule has 0 radical (unpaired) electrons. The molecule has 6 nitrogen and oxygen atoms in total. The van der Waals surface area contributed by atoms with Gasteiger partial charge in [-0.3, -0.25) is 14.4 Å². The predicted octanol–water partition coefficient (Wildman–Crippen LogP) is 6.52. The van der Waals surface area contributed by atoms with Gasteiger partial charge in [-0.2, -0.15) is 0 Å². The molecule has 3 aliphatic rings. The fourth-order valence-electron chi connectivity index (χ4n) is 6.87. The van der Waals surface area contributed by atoms with Gasteiger partial charge in [-0.05, 0) is 58.8 Å². The van der Waals surface area contributed by atoms with E-state index < -0.39 is 23.4 Å². The number of Topliss-reactive ketones (excluding diaryl/α,β-unsaturated/α-hetero) is 2. The van der Waals surface area contributed by atoms with Crippen LogP contribution in [0.1, 0.15) is 56.1 Å². The van der Waals surface area contributed by atoms with Gasteiger partial charge in [0.25, 0.3) is 0 Å². The molecule has 0 saturated carbocycles. The molecule has 4 heterocycles. The molecule has 0 unspecified atom stereocenters. The molecule has 1 amide bonds. The number of para-hydroxylation sites is 1. The summed E-state index contributed by atoms with van der Waals surface area (Å²) < 4.78 is 5.86. The molecule has 0 bridgehead atoms. The van der Waals surface area contributed by atoms with E-state index in [-0.39, 0.29) is 17.5 Å². The molecule has 7 rings (SSSR count). The molecule has 204 valence electrons. The van der Waals surface area contributed by atoms with Gasteiger partial charge in [0.1, 0.15) is 17.2 Å². The number of hydrogen-bond donors (Lipinski definition) is 1. The van der Waals surface area contributed by atoms with Crippen molar-refractivity contribution in [3.05, 3.63) is 124 Å². The van der Waals surface area contributed by atoms with E-state index in [1.54, 1.807) is 24.3 Å². The molecular formula is C34H28N2O4S. The molecule has 3 aliphatic heterocycles. The number of rotatable bonds is 7. The van der Waals surface area contributed by atoms with Crippen LogP contribution in [-0.2, 0) is 10.2 Å². The highest BCUT2D eigenvalue weighted by Gasteiger charge is 2.70. The number of carbonyl (C=O) groups is 3. The Kier molecular flexibility index (Phi) is 6.12. The van der Waals surface area contributed by atoms with Gasteiger partial charge in [-0.15, -0.1) is 11.3 Å². The van der Waals surface area contributed by atoms with Crippen LogP contribution in [0.5, 0.6) is 5.75 Å². The number of nitrogens with one attached hydrogen (secondary N) is 1. The second-order valence-electron chi connectivity index (χ2n) is 10.7. The van der Waals surface area contributed by atoms with Crippen LogP contribution in [0.25, 0.3) is 6.08 Å². The summed E-state index contributed by atoms with van der Waals surface area (Å²) in [7, 11) is 0. The molecule has 4 aromatic rings. The summed E-state index contributed by atoms with van der Waals surface area (Å²) in [6.45, 7) is 2.55. The van der Waals surface area contributed by atoms with Crippen molar-refractivity contribution in [2.75, 3.05) is 11.9 Å². The molecule has 1 spiro atoms. The first-order valence-electron chi connectivity index (χ1n) is 13.9. The number of anilines is 1. The molecule has 1 fully saturated rings. The first-order valence-corrected chi connectivity index (χ1v) is 14.7. The van der Waals surface area contributed by atoms with E-state index in [0.29, 0.717) is 28.5 Å². The van der Waals surface area contributed by atoms with Gasteiger partial charge in [0, 0.05) is 17.5 Å². The minimum absolute atomic E-state index is 0.167.